The number of aryl methyl sites for hydroxylation is 2. The average Bonchev–Trinajstić information content (AvgIpc) is 2.46. The molecule has 2 rings (SSSR count). The Balaban J connectivity index is 1.95. The molecule has 122 valence electrons. The van der Waals surface area contributed by atoms with E-state index in [-0.39, 0.29) is 12.5 Å². The Morgan fingerprint density at radius 3 is 2.22 bits per heavy atom. The third kappa shape index (κ3) is 4.73. The van der Waals surface area contributed by atoms with Gasteiger partial charge < -0.3 is 10.1 Å². The van der Waals surface area contributed by atoms with Crippen LogP contribution in [0.25, 0.3) is 0 Å². The Hall–Kier alpha value is -2.00. The predicted molar refractivity (Wildman–Crippen MR) is 95.6 cm³/mol. The van der Waals surface area contributed by atoms with E-state index < -0.39 is 0 Å². The number of ether oxygens (including phenoxy) is 1. The molecule has 0 aliphatic rings. The van der Waals surface area contributed by atoms with Gasteiger partial charge in [-0.25, -0.2) is 0 Å². The fourth-order valence-corrected chi connectivity index (χ4v) is 2.74. The molecule has 1 amide bonds. The van der Waals surface area contributed by atoms with Gasteiger partial charge in [-0.2, -0.15) is 0 Å². The molecule has 1 N–H and O–H groups in total. The number of nitrogens with one attached hydrogen (secondary N) is 1. The summed E-state index contributed by atoms with van der Waals surface area (Å²) in [7, 11) is 0. The Bertz CT molecular complexity index is 670. The van der Waals surface area contributed by atoms with E-state index in [9.17, 15) is 4.79 Å². The van der Waals surface area contributed by atoms with Crippen molar-refractivity contribution >= 4 is 23.2 Å². The van der Waals surface area contributed by atoms with Gasteiger partial charge in [-0.3, -0.25) is 4.79 Å². The van der Waals surface area contributed by atoms with E-state index in [4.69, 9.17) is 16.3 Å². The van der Waals surface area contributed by atoms with Crippen LogP contribution < -0.4 is 10.1 Å². The lowest BCUT2D eigenvalue weighted by atomic mass is 10.0. The summed E-state index contributed by atoms with van der Waals surface area (Å²) in [5, 5.41) is 3.51. The van der Waals surface area contributed by atoms with Crippen molar-refractivity contribution in [3.63, 3.8) is 0 Å². The number of hydrogen-bond donors (Lipinski definition) is 1. The molecule has 0 saturated carbocycles. The van der Waals surface area contributed by atoms with Crippen molar-refractivity contribution in [1.82, 2.24) is 0 Å². The first-order valence-corrected chi connectivity index (χ1v) is 8.04. The lowest BCUT2D eigenvalue weighted by Crippen LogP contribution is -2.20. The number of rotatable bonds is 5. The van der Waals surface area contributed by atoms with Crippen molar-refractivity contribution in [3.8, 4) is 5.75 Å². The zero-order chi connectivity index (χ0) is 17.0. The summed E-state index contributed by atoms with van der Waals surface area (Å²) >= 11 is 5.99. The van der Waals surface area contributed by atoms with Gasteiger partial charge >= 0.3 is 0 Å². The second kappa shape index (κ2) is 7.51. The van der Waals surface area contributed by atoms with Crippen molar-refractivity contribution in [2.45, 2.75) is 33.6 Å². The molecule has 0 aromatic heterocycles. The summed E-state index contributed by atoms with van der Waals surface area (Å²) in [5.41, 5.74) is 3.85. The number of hydrogen-bond acceptors (Lipinski definition) is 2. The molecule has 2 aromatic carbocycles. The van der Waals surface area contributed by atoms with Crippen molar-refractivity contribution in [2.24, 2.45) is 0 Å². The molecular weight excluding hydrogens is 310 g/mol. The molecule has 4 heteroatoms. The van der Waals surface area contributed by atoms with Gasteiger partial charge in [0.05, 0.1) is 0 Å². The fourth-order valence-electron chi connectivity index (χ4n) is 2.41. The van der Waals surface area contributed by atoms with Gasteiger partial charge in [0.2, 0.25) is 0 Å². The largest absolute Gasteiger partial charge is 0.483 e. The highest BCUT2D eigenvalue weighted by molar-refractivity contribution is 6.30. The van der Waals surface area contributed by atoms with Crippen molar-refractivity contribution < 1.29 is 9.53 Å². The maximum absolute atomic E-state index is 12.0. The van der Waals surface area contributed by atoms with Crippen LogP contribution in [0.4, 0.5) is 5.69 Å². The third-order valence-corrected chi connectivity index (χ3v) is 3.85. The maximum atomic E-state index is 12.0. The summed E-state index contributed by atoms with van der Waals surface area (Å²) in [5.74, 6) is 0.995. The summed E-state index contributed by atoms with van der Waals surface area (Å²) in [6, 6.07) is 11.5. The van der Waals surface area contributed by atoms with Crippen molar-refractivity contribution in [3.05, 3.63) is 58.1 Å². The van der Waals surface area contributed by atoms with E-state index in [1.807, 2.05) is 50.2 Å². The quantitative estimate of drug-likeness (QED) is 0.828. The lowest BCUT2D eigenvalue weighted by molar-refractivity contribution is -0.118. The van der Waals surface area contributed by atoms with Gasteiger partial charge in [-0.05, 0) is 60.7 Å². The van der Waals surface area contributed by atoms with E-state index in [0.29, 0.717) is 16.7 Å². The minimum atomic E-state index is -0.184. The number of amides is 1. The van der Waals surface area contributed by atoms with E-state index in [0.717, 1.165) is 16.8 Å². The molecule has 0 radical (unpaired) electrons. The average molecular weight is 332 g/mol. The second-order valence-electron chi connectivity index (χ2n) is 5.98. The van der Waals surface area contributed by atoms with Crippen LogP contribution in [0, 0.1) is 13.8 Å². The van der Waals surface area contributed by atoms with Gasteiger partial charge in [-0.15, -0.1) is 0 Å². The highest BCUT2D eigenvalue weighted by Crippen LogP contribution is 2.27. The van der Waals surface area contributed by atoms with Crippen LogP contribution in [0.1, 0.15) is 36.5 Å². The minimum Gasteiger partial charge on any atom is -0.483 e. The van der Waals surface area contributed by atoms with Gasteiger partial charge in [0, 0.05) is 10.7 Å². The Labute approximate surface area is 142 Å². The molecule has 3 nitrogen and oxygen atoms in total. The van der Waals surface area contributed by atoms with E-state index >= 15 is 0 Å². The monoisotopic (exact) mass is 331 g/mol. The molecule has 0 heterocycles. The second-order valence-corrected chi connectivity index (χ2v) is 6.42. The first-order valence-electron chi connectivity index (χ1n) is 7.66. The van der Waals surface area contributed by atoms with E-state index in [1.54, 1.807) is 0 Å². The lowest BCUT2D eigenvalue weighted by Gasteiger charge is -2.13. The normalized spacial score (nSPS) is 10.7. The summed E-state index contributed by atoms with van der Waals surface area (Å²) in [4.78, 5) is 12.0. The molecule has 0 aliphatic heterocycles. The SMILES string of the molecule is Cc1cc(Cl)cc(C)c1OCC(=O)Nc1ccc(C(C)C)cc1. The smallest absolute Gasteiger partial charge is 0.262 e. The molecular formula is C19H22ClNO2. The number of anilines is 1. The van der Waals surface area contributed by atoms with Gasteiger partial charge in [0.15, 0.2) is 6.61 Å². The van der Waals surface area contributed by atoms with Crippen molar-refractivity contribution in [2.75, 3.05) is 11.9 Å². The molecule has 0 saturated heterocycles. The molecule has 0 atom stereocenters. The molecule has 0 spiro atoms. The Morgan fingerprint density at radius 1 is 1.13 bits per heavy atom. The van der Waals surface area contributed by atoms with E-state index in [1.165, 1.54) is 5.56 Å². The van der Waals surface area contributed by atoms with Crippen LogP contribution in [0.2, 0.25) is 5.02 Å². The fraction of sp³-hybridized carbons (Fsp3) is 0.316. The van der Waals surface area contributed by atoms with Crippen LogP contribution in [0.5, 0.6) is 5.75 Å². The van der Waals surface area contributed by atoms with Crippen LogP contribution >= 0.6 is 11.6 Å². The summed E-state index contributed by atoms with van der Waals surface area (Å²) in [6.45, 7) is 8.07. The molecule has 23 heavy (non-hydrogen) atoms. The standard InChI is InChI=1S/C19H22ClNO2/c1-12(2)15-5-7-17(8-6-15)21-18(22)11-23-19-13(3)9-16(20)10-14(19)4/h5-10,12H,11H2,1-4H3,(H,21,22). The topological polar surface area (TPSA) is 38.3 Å². The minimum absolute atomic E-state index is 0.0325. The van der Waals surface area contributed by atoms with Crippen LogP contribution in [-0.2, 0) is 4.79 Å². The first-order chi connectivity index (χ1) is 10.9. The highest BCUT2D eigenvalue weighted by atomic mass is 35.5. The van der Waals surface area contributed by atoms with Crippen LogP contribution in [0.15, 0.2) is 36.4 Å². The van der Waals surface area contributed by atoms with Crippen LogP contribution in [-0.4, -0.2) is 12.5 Å². The first kappa shape index (κ1) is 17.4. The van der Waals surface area contributed by atoms with Gasteiger partial charge in [0.25, 0.3) is 5.91 Å². The van der Waals surface area contributed by atoms with Gasteiger partial charge in [0.1, 0.15) is 5.75 Å². The zero-order valence-corrected chi connectivity index (χ0v) is 14.7. The number of carbonyl (C=O) groups excluding carboxylic acids is 1. The Kier molecular flexibility index (Phi) is 5.67. The summed E-state index contributed by atoms with van der Waals surface area (Å²) in [6.07, 6.45) is 0. The molecule has 0 unspecified atom stereocenters. The third-order valence-electron chi connectivity index (χ3n) is 3.63. The van der Waals surface area contributed by atoms with Gasteiger partial charge in [-0.1, -0.05) is 37.6 Å². The highest BCUT2D eigenvalue weighted by Gasteiger charge is 2.09. The molecule has 0 aliphatic carbocycles. The Morgan fingerprint density at radius 2 is 1.70 bits per heavy atom. The zero-order valence-electron chi connectivity index (χ0n) is 13.9. The molecule has 2 aromatic rings. The summed E-state index contributed by atoms with van der Waals surface area (Å²) < 4.78 is 5.65. The van der Waals surface area contributed by atoms with E-state index in [2.05, 4.69) is 19.2 Å². The number of carbonyl (C=O) groups is 1. The van der Waals surface area contributed by atoms with Crippen molar-refractivity contribution in [1.29, 1.82) is 0 Å². The predicted octanol–water partition coefficient (Wildman–Crippen LogP) is 5.10. The van der Waals surface area contributed by atoms with Crippen LogP contribution in [0.3, 0.4) is 0 Å². The maximum Gasteiger partial charge on any atom is 0.262 e. The molecule has 0 fully saturated rings. The molecule has 0 bridgehead atoms. The number of benzene rings is 2. The number of halogens is 1.